The van der Waals surface area contributed by atoms with Crippen LogP contribution in [-0.4, -0.2) is 43.2 Å². The number of pyridine rings is 1. The Morgan fingerprint density at radius 1 is 1.19 bits per heavy atom. The van der Waals surface area contributed by atoms with Crippen molar-refractivity contribution in [3.8, 4) is 0 Å². The number of benzene rings is 1. The molecule has 7 heteroatoms. The molecule has 2 heterocycles. The van der Waals surface area contributed by atoms with Crippen LogP contribution in [0.1, 0.15) is 33.7 Å². The lowest BCUT2D eigenvalue weighted by Crippen LogP contribution is -2.32. The fourth-order valence-electron chi connectivity index (χ4n) is 2.68. The molecule has 0 spiro atoms. The van der Waals surface area contributed by atoms with Gasteiger partial charge in [0.2, 0.25) is 0 Å². The summed E-state index contributed by atoms with van der Waals surface area (Å²) in [6.45, 7) is 1.27. The van der Waals surface area contributed by atoms with Gasteiger partial charge in [-0.05, 0) is 49.2 Å². The third kappa shape index (κ3) is 4.58. The van der Waals surface area contributed by atoms with Crippen LogP contribution in [0.4, 0.5) is 11.4 Å². The van der Waals surface area contributed by atoms with Crippen molar-refractivity contribution in [2.24, 2.45) is 0 Å². The van der Waals surface area contributed by atoms with E-state index < -0.39 is 0 Å². The molecule has 7 nitrogen and oxygen atoms in total. The Morgan fingerprint density at radius 2 is 1.96 bits per heavy atom. The average Bonchev–Trinajstić information content (AvgIpc) is 3.20. The van der Waals surface area contributed by atoms with E-state index >= 15 is 0 Å². The predicted molar refractivity (Wildman–Crippen MR) is 96.6 cm³/mol. The lowest BCUT2D eigenvalue weighted by atomic mass is 10.2. The molecule has 3 rings (SSSR count). The largest absolute Gasteiger partial charge is 0.465 e. The van der Waals surface area contributed by atoms with E-state index in [2.05, 4.69) is 20.4 Å². The van der Waals surface area contributed by atoms with Gasteiger partial charge in [-0.3, -0.25) is 4.79 Å². The van der Waals surface area contributed by atoms with E-state index in [9.17, 15) is 9.59 Å². The van der Waals surface area contributed by atoms with Crippen molar-refractivity contribution in [3.63, 3.8) is 0 Å². The third-order valence-corrected chi connectivity index (χ3v) is 4.11. The molecule has 136 valence electrons. The number of nitrogens with one attached hydrogen (secondary N) is 2. The van der Waals surface area contributed by atoms with Crippen LogP contribution in [0.5, 0.6) is 0 Å². The number of carbonyl (C=O) groups is 2. The summed E-state index contributed by atoms with van der Waals surface area (Å²) >= 11 is 0. The standard InChI is InChI=1S/C19H21N3O4/c1-25-19(24)13-4-6-14(7-5-13)22-15-8-9-17(20-11-15)18(23)21-12-16-3-2-10-26-16/h4-9,11,16,22H,2-3,10,12H2,1H3,(H,21,23). The number of anilines is 2. The molecule has 0 radical (unpaired) electrons. The van der Waals surface area contributed by atoms with Crippen molar-refractivity contribution >= 4 is 23.3 Å². The van der Waals surface area contributed by atoms with Crippen LogP contribution in [-0.2, 0) is 9.47 Å². The molecule has 26 heavy (non-hydrogen) atoms. The third-order valence-electron chi connectivity index (χ3n) is 4.11. The number of hydrogen-bond acceptors (Lipinski definition) is 6. The first-order chi connectivity index (χ1) is 12.7. The van der Waals surface area contributed by atoms with Crippen molar-refractivity contribution < 1.29 is 19.1 Å². The number of methoxy groups -OCH3 is 1. The summed E-state index contributed by atoms with van der Waals surface area (Å²) in [7, 11) is 1.35. The van der Waals surface area contributed by atoms with Crippen LogP contribution >= 0.6 is 0 Å². The summed E-state index contributed by atoms with van der Waals surface area (Å²) in [5, 5.41) is 6.01. The molecular formula is C19H21N3O4. The van der Waals surface area contributed by atoms with Gasteiger partial charge in [0.15, 0.2) is 0 Å². The quantitative estimate of drug-likeness (QED) is 0.774. The fourth-order valence-corrected chi connectivity index (χ4v) is 2.68. The summed E-state index contributed by atoms with van der Waals surface area (Å²) in [6, 6.07) is 10.3. The molecule has 1 unspecified atom stereocenters. The van der Waals surface area contributed by atoms with E-state index in [1.165, 1.54) is 7.11 Å². The van der Waals surface area contributed by atoms with Crippen molar-refractivity contribution in [2.75, 3.05) is 25.6 Å². The molecular weight excluding hydrogens is 334 g/mol. The molecule has 1 fully saturated rings. The highest BCUT2D eigenvalue weighted by Gasteiger charge is 2.17. The molecule has 1 atom stereocenters. The van der Waals surface area contributed by atoms with E-state index in [0.29, 0.717) is 17.8 Å². The van der Waals surface area contributed by atoms with Crippen LogP contribution in [0.2, 0.25) is 0 Å². The number of amides is 1. The number of carbonyl (C=O) groups excluding carboxylic acids is 2. The average molecular weight is 355 g/mol. The second-order valence-electron chi connectivity index (χ2n) is 5.97. The van der Waals surface area contributed by atoms with E-state index in [4.69, 9.17) is 4.74 Å². The molecule has 1 aromatic heterocycles. The maximum absolute atomic E-state index is 12.1. The molecule has 2 N–H and O–H groups in total. The van der Waals surface area contributed by atoms with Gasteiger partial charge in [0, 0.05) is 18.8 Å². The molecule has 2 aromatic rings. The summed E-state index contributed by atoms with van der Waals surface area (Å²) in [5.74, 6) is -0.592. The lowest BCUT2D eigenvalue weighted by Gasteiger charge is -2.11. The number of ether oxygens (including phenoxy) is 2. The van der Waals surface area contributed by atoms with Gasteiger partial charge in [-0.15, -0.1) is 0 Å². The molecule has 1 aromatic carbocycles. The topological polar surface area (TPSA) is 89.5 Å². The minimum Gasteiger partial charge on any atom is -0.465 e. The van der Waals surface area contributed by atoms with E-state index in [1.54, 1.807) is 42.6 Å². The van der Waals surface area contributed by atoms with Gasteiger partial charge in [-0.25, -0.2) is 9.78 Å². The fraction of sp³-hybridized carbons (Fsp3) is 0.316. The summed E-state index contributed by atoms with van der Waals surface area (Å²) in [6.07, 6.45) is 3.72. The zero-order chi connectivity index (χ0) is 18.4. The highest BCUT2D eigenvalue weighted by molar-refractivity contribution is 5.92. The Kier molecular flexibility index (Phi) is 5.80. The van der Waals surface area contributed by atoms with Crippen LogP contribution in [0.3, 0.4) is 0 Å². The highest BCUT2D eigenvalue weighted by atomic mass is 16.5. The van der Waals surface area contributed by atoms with Crippen molar-refractivity contribution in [3.05, 3.63) is 53.9 Å². The zero-order valence-corrected chi connectivity index (χ0v) is 14.5. The van der Waals surface area contributed by atoms with Gasteiger partial charge in [-0.2, -0.15) is 0 Å². The van der Waals surface area contributed by atoms with Crippen molar-refractivity contribution in [1.29, 1.82) is 0 Å². The van der Waals surface area contributed by atoms with Crippen LogP contribution in [0.25, 0.3) is 0 Å². The molecule has 0 saturated carbocycles. The first-order valence-electron chi connectivity index (χ1n) is 8.47. The molecule has 1 aliphatic heterocycles. The van der Waals surface area contributed by atoms with Crippen LogP contribution in [0.15, 0.2) is 42.6 Å². The van der Waals surface area contributed by atoms with E-state index in [-0.39, 0.29) is 18.0 Å². The van der Waals surface area contributed by atoms with Gasteiger partial charge in [0.25, 0.3) is 5.91 Å². The van der Waals surface area contributed by atoms with Gasteiger partial charge in [0.1, 0.15) is 5.69 Å². The number of rotatable bonds is 6. The Labute approximate surface area is 151 Å². The molecule has 1 amide bonds. The SMILES string of the molecule is COC(=O)c1ccc(Nc2ccc(C(=O)NCC3CCCO3)nc2)cc1. The van der Waals surface area contributed by atoms with E-state index in [1.807, 2.05) is 0 Å². The molecule has 0 bridgehead atoms. The highest BCUT2D eigenvalue weighted by Crippen LogP contribution is 2.17. The van der Waals surface area contributed by atoms with Gasteiger partial charge in [0.05, 0.1) is 30.7 Å². The lowest BCUT2D eigenvalue weighted by molar-refractivity contribution is 0.0600. The Hall–Kier alpha value is -2.93. The second-order valence-corrected chi connectivity index (χ2v) is 5.97. The van der Waals surface area contributed by atoms with Crippen molar-refractivity contribution in [2.45, 2.75) is 18.9 Å². The summed E-state index contributed by atoms with van der Waals surface area (Å²) in [4.78, 5) is 27.7. The molecule has 1 aliphatic rings. The Morgan fingerprint density at radius 3 is 2.58 bits per heavy atom. The maximum atomic E-state index is 12.1. The number of hydrogen-bond donors (Lipinski definition) is 2. The van der Waals surface area contributed by atoms with Crippen LogP contribution < -0.4 is 10.6 Å². The van der Waals surface area contributed by atoms with E-state index in [0.717, 1.165) is 30.8 Å². The Balaban J connectivity index is 1.55. The Bertz CT molecular complexity index is 753. The summed E-state index contributed by atoms with van der Waals surface area (Å²) < 4.78 is 10.1. The first kappa shape index (κ1) is 17.9. The number of aromatic nitrogens is 1. The normalized spacial score (nSPS) is 16.1. The van der Waals surface area contributed by atoms with Gasteiger partial charge in [-0.1, -0.05) is 0 Å². The second kappa shape index (κ2) is 8.44. The molecule has 0 aliphatic carbocycles. The van der Waals surface area contributed by atoms with Gasteiger partial charge >= 0.3 is 5.97 Å². The van der Waals surface area contributed by atoms with Crippen LogP contribution in [0, 0.1) is 0 Å². The number of esters is 1. The number of nitrogens with zero attached hydrogens (tertiary/aromatic N) is 1. The van der Waals surface area contributed by atoms with Crippen molar-refractivity contribution in [1.82, 2.24) is 10.3 Å². The minimum absolute atomic E-state index is 0.104. The minimum atomic E-state index is -0.378. The molecule has 1 saturated heterocycles. The first-order valence-corrected chi connectivity index (χ1v) is 8.47. The maximum Gasteiger partial charge on any atom is 0.337 e. The summed E-state index contributed by atoms with van der Waals surface area (Å²) in [5.41, 5.74) is 2.38. The smallest absolute Gasteiger partial charge is 0.337 e. The predicted octanol–water partition coefficient (Wildman–Crippen LogP) is 2.52. The monoisotopic (exact) mass is 355 g/mol. The van der Waals surface area contributed by atoms with Gasteiger partial charge < -0.3 is 20.1 Å². The zero-order valence-electron chi connectivity index (χ0n) is 14.5.